The quantitative estimate of drug-likeness (QED) is 0.789. The van der Waals surface area contributed by atoms with Crippen LogP contribution in [0.25, 0.3) is 0 Å². The van der Waals surface area contributed by atoms with Crippen LogP contribution in [0.2, 0.25) is 0 Å². The second-order valence-electron chi connectivity index (χ2n) is 5.63. The smallest absolute Gasteiger partial charge is 0.227 e. The van der Waals surface area contributed by atoms with Crippen LogP contribution in [0.1, 0.15) is 26.2 Å². The fourth-order valence-electron chi connectivity index (χ4n) is 2.83. The molecule has 1 aliphatic heterocycles. The normalized spacial score (nSPS) is 33.6. The topological polar surface area (TPSA) is 58.4 Å². The maximum atomic E-state index is 12.2. The highest BCUT2D eigenvalue weighted by Crippen LogP contribution is 2.36. The van der Waals surface area contributed by atoms with E-state index in [4.69, 9.17) is 5.73 Å². The molecular weight excluding hydrogens is 246 g/mol. The van der Waals surface area contributed by atoms with Crippen molar-refractivity contribution in [3.05, 3.63) is 0 Å². The lowest BCUT2D eigenvalue weighted by Crippen LogP contribution is -2.49. The minimum Gasteiger partial charge on any atom is -0.354 e. The Labute approximate surface area is 114 Å². The van der Waals surface area contributed by atoms with Crippen LogP contribution in [0.3, 0.4) is 0 Å². The van der Waals surface area contributed by atoms with Gasteiger partial charge in [-0.3, -0.25) is 9.69 Å². The molecule has 0 spiro atoms. The van der Waals surface area contributed by atoms with Gasteiger partial charge in [0.2, 0.25) is 5.91 Å². The number of carbonyl (C=O) groups excluding carboxylic acids is 1. The van der Waals surface area contributed by atoms with Gasteiger partial charge in [0.25, 0.3) is 0 Å². The largest absolute Gasteiger partial charge is 0.354 e. The SMILES string of the molecule is CC1(C(=O)NCCN2CCSCC2)CCCC1N. The van der Waals surface area contributed by atoms with Gasteiger partial charge in [0.15, 0.2) is 0 Å². The molecule has 1 saturated heterocycles. The van der Waals surface area contributed by atoms with E-state index in [1.54, 1.807) is 0 Å². The van der Waals surface area contributed by atoms with Gasteiger partial charge in [0.1, 0.15) is 0 Å². The number of amides is 1. The van der Waals surface area contributed by atoms with Gasteiger partial charge in [-0.15, -0.1) is 0 Å². The van der Waals surface area contributed by atoms with Crippen molar-refractivity contribution in [2.75, 3.05) is 37.7 Å². The Morgan fingerprint density at radius 3 is 2.83 bits per heavy atom. The molecule has 0 aromatic heterocycles. The van der Waals surface area contributed by atoms with E-state index in [9.17, 15) is 4.79 Å². The summed E-state index contributed by atoms with van der Waals surface area (Å²) in [5, 5.41) is 3.08. The number of thioether (sulfide) groups is 1. The van der Waals surface area contributed by atoms with Crippen molar-refractivity contribution in [2.45, 2.75) is 32.2 Å². The zero-order valence-corrected chi connectivity index (χ0v) is 12.1. The number of carbonyl (C=O) groups is 1. The highest BCUT2D eigenvalue weighted by atomic mass is 32.2. The molecule has 5 heteroatoms. The zero-order chi connectivity index (χ0) is 13.0. The molecule has 0 radical (unpaired) electrons. The molecule has 0 bridgehead atoms. The fourth-order valence-corrected chi connectivity index (χ4v) is 3.81. The summed E-state index contributed by atoms with van der Waals surface area (Å²) in [6.45, 7) is 6.04. The van der Waals surface area contributed by atoms with E-state index >= 15 is 0 Å². The Balaban J connectivity index is 1.71. The van der Waals surface area contributed by atoms with E-state index in [-0.39, 0.29) is 17.4 Å². The van der Waals surface area contributed by atoms with E-state index in [0.29, 0.717) is 0 Å². The molecule has 4 nitrogen and oxygen atoms in total. The minimum absolute atomic E-state index is 0.0314. The third kappa shape index (κ3) is 3.19. The first-order valence-electron chi connectivity index (χ1n) is 6.97. The van der Waals surface area contributed by atoms with Gasteiger partial charge in [-0.25, -0.2) is 0 Å². The van der Waals surface area contributed by atoms with E-state index in [0.717, 1.165) is 45.4 Å². The van der Waals surface area contributed by atoms with E-state index in [1.165, 1.54) is 11.5 Å². The summed E-state index contributed by atoms with van der Waals surface area (Å²) >= 11 is 2.01. The van der Waals surface area contributed by atoms with Crippen molar-refractivity contribution in [1.29, 1.82) is 0 Å². The Kier molecular flexibility index (Phi) is 4.92. The number of nitrogens with two attached hydrogens (primary N) is 1. The Bertz CT molecular complexity index is 294. The molecule has 0 aromatic rings. The van der Waals surface area contributed by atoms with Gasteiger partial charge < -0.3 is 11.1 Å². The van der Waals surface area contributed by atoms with Gasteiger partial charge in [0, 0.05) is 43.7 Å². The molecule has 0 aromatic carbocycles. The summed E-state index contributed by atoms with van der Waals surface area (Å²) in [5.41, 5.74) is 5.72. The van der Waals surface area contributed by atoms with Gasteiger partial charge in [-0.1, -0.05) is 6.42 Å². The standard InChI is InChI=1S/C13H25N3OS/c1-13(4-2-3-11(13)14)12(17)15-5-6-16-7-9-18-10-8-16/h11H,2-10,14H2,1H3,(H,15,17). The first-order chi connectivity index (χ1) is 8.63. The molecule has 2 unspecified atom stereocenters. The van der Waals surface area contributed by atoms with Gasteiger partial charge in [-0.05, 0) is 19.8 Å². The highest BCUT2D eigenvalue weighted by molar-refractivity contribution is 7.99. The third-order valence-electron chi connectivity index (χ3n) is 4.37. The van der Waals surface area contributed by atoms with Crippen LogP contribution in [-0.2, 0) is 4.79 Å². The van der Waals surface area contributed by atoms with Crippen LogP contribution >= 0.6 is 11.8 Å². The summed E-state index contributed by atoms with van der Waals surface area (Å²) in [4.78, 5) is 14.6. The van der Waals surface area contributed by atoms with Crippen LogP contribution < -0.4 is 11.1 Å². The zero-order valence-electron chi connectivity index (χ0n) is 11.3. The number of nitrogens with one attached hydrogen (secondary N) is 1. The number of hydrogen-bond donors (Lipinski definition) is 2. The minimum atomic E-state index is -0.336. The lowest BCUT2D eigenvalue weighted by molar-refractivity contribution is -0.130. The average Bonchev–Trinajstić information content (AvgIpc) is 2.72. The predicted octanol–water partition coefficient (Wildman–Crippen LogP) is 0.669. The maximum absolute atomic E-state index is 12.2. The summed E-state index contributed by atoms with van der Waals surface area (Å²) in [7, 11) is 0. The summed E-state index contributed by atoms with van der Waals surface area (Å²) in [6, 6.07) is 0.0314. The van der Waals surface area contributed by atoms with Gasteiger partial charge in [0.05, 0.1) is 5.41 Å². The monoisotopic (exact) mass is 271 g/mol. The molecule has 1 saturated carbocycles. The Morgan fingerprint density at radius 2 is 2.22 bits per heavy atom. The Morgan fingerprint density at radius 1 is 1.50 bits per heavy atom. The number of hydrogen-bond acceptors (Lipinski definition) is 4. The van der Waals surface area contributed by atoms with E-state index < -0.39 is 0 Å². The molecule has 18 heavy (non-hydrogen) atoms. The van der Waals surface area contributed by atoms with Crippen molar-refractivity contribution in [1.82, 2.24) is 10.2 Å². The molecule has 2 fully saturated rings. The second-order valence-corrected chi connectivity index (χ2v) is 6.85. The fraction of sp³-hybridized carbons (Fsp3) is 0.923. The van der Waals surface area contributed by atoms with Crippen LogP contribution in [0.5, 0.6) is 0 Å². The van der Waals surface area contributed by atoms with Crippen LogP contribution in [0.4, 0.5) is 0 Å². The lowest BCUT2D eigenvalue weighted by atomic mass is 9.84. The third-order valence-corrected chi connectivity index (χ3v) is 5.31. The molecule has 2 rings (SSSR count). The van der Waals surface area contributed by atoms with Crippen molar-refractivity contribution >= 4 is 17.7 Å². The van der Waals surface area contributed by atoms with E-state index in [1.807, 2.05) is 18.7 Å². The molecular formula is C13H25N3OS. The number of rotatable bonds is 4. The summed E-state index contributed by atoms with van der Waals surface area (Å²) in [6.07, 6.45) is 2.99. The molecule has 3 N–H and O–H groups in total. The predicted molar refractivity (Wildman–Crippen MR) is 76.7 cm³/mol. The first kappa shape index (κ1) is 14.2. The molecule has 104 valence electrons. The molecule has 1 aliphatic carbocycles. The highest BCUT2D eigenvalue weighted by Gasteiger charge is 2.42. The van der Waals surface area contributed by atoms with Crippen LogP contribution in [0, 0.1) is 5.41 Å². The second kappa shape index (κ2) is 6.26. The molecule has 2 aliphatic rings. The van der Waals surface area contributed by atoms with Gasteiger partial charge in [-0.2, -0.15) is 11.8 Å². The molecule has 1 amide bonds. The number of nitrogens with zero attached hydrogens (tertiary/aromatic N) is 1. The Hall–Kier alpha value is -0.260. The summed E-state index contributed by atoms with van der Waals surface area (Å²) < 4.78 is 0. The van der Waals surface area contributed by atoms with Crippen LogP contribution in [0.15, 0.2) is 0 Å². The first-order valence-corrected chi connectivity index (χ1v) is 8.12. The van der Waals surface area contributed by atoms with Crippen molar-refractivity contribution in [2.24, 2.45) is 11.1 Å². The van der Waals surface area contributed by atoms with E-state index in [2.05, 4.69) is 10.2 Å². The van der Waals surface area contributed by atoms with Crippen molar-refractivity contribution < 1.29 is 4.79 Å². The molecule has 2 atom stereocenters. The maximum Gasteiger partial charge on any atom is 0.227 e. The van der Waals surface area contributed by atoms with Crippen molar-refractivity contribution in [3.63, 3.8) is 0 Å². The van der Waals surface area contributed by atoms with Crippen molar-refractivity contribution in [3.8, 4) is 0 Å². The summed E-state index contributed by atoms with van der Waals surface area (Å²) in [5.74, 6) is 2.59. The average molecular weight is 271 g/mol. The van der Waals surface area contributed by atoms with Crippen LogP contribution in [-0.4, -0.2) is 54.5 Å². The molecule has 1 heterocycles. The lowest BCUT2D eigenvalue weighted by Gasteiger charge is -2.29. The van der Waals surface area contributed by atoms with Gasteiger partial charge >= 0.3 is 0 Å².